The largest absolute Gasteiger partial charge is 0.437 e. The number of benzene rings is 1. The van der Waals surface area contributed by atoms with Crippen LogP contribution in [0.3, 0.4) is 0 Å². The summed E-state index contributed by atoms with van der Waals surface area (Å²) in [4.78, 5) is 0. The third kappa shape index (κ3) is 2.77. The summed E-state index contributed by atoms with van der Waals surface area (Å²) in [5, 5.41) is 7.81. The molecule has 1 heterocycles. The van der Waals surface area contributed by atoms with Gasteiger partial charge in [-0.3, -0.25) is 0 Å². The maximum absolute atomic E-state index is 5.51. The molecule has 1 aromatic heterocycles. The number of nitrogens with two attached hydrogens (primary N) is 1. The van der Waals surface area contributed by atoms with Crippen molar-refractivity contribution in [3.8, 4) is 11.6 Å². The number of aromatic nitrogens is 2. The van der Waals surface area contributed by atoms with Crippen LogP contribution in [0.25, 0.3) is 0 Å². The fraction of sp³-hybridized carbons (Fsp3) is 0.0909. The van der Waals surface area contributed by atoms with Gasteiger partial charge in [0.1, 0.15) is 5.75 Å². The molecule has 2 rings (SSSR count). The Morgan fingerprint density at radius 2 is 2.06 bits per heavy atom. The van der Waals surface area contributed by atoms with Crippen molar-refractivity contribution in [2.24, 2.45) is 5.73 Å². The van der Waals surface area contributed by atoms with Gasteiger partial charge in [-0.2, -0.15) is 5.10 Å². The van der Waals surface area contributed by atoms with Crippen molar-refractivity contribution in [1.82, 2.24) is 10.2 Å². The van der Waals surface area contributed by atoms with Crippen molar-refractivity contribution in [2.75, 3.05) is 0 Å². The number of ether oxygens (including phenoxy) is 1. The Balaban J connectivity index is 2.14. The van der Waals surface area contributed by atoms with E-state index in [2.05, 4.69) is 26.1 Å². The molecule has 0 bridgehead atoms. The van der Waals surface area contributed by atoms with Crippen molar-refractivity contribution in [3.05, 3.63) is 46.6 Å². The van der Waals surface area contributed by atoms with Crippen LogP contribution in [0.1, 0.15) is 5.69 Å². The second-order valence-corrected chi connectivity index (χ2v) is 4.04. The van der Waals surface area contributed by atoms with Crippen molar-refractivity contribution < 1.29 is 4.74 Å². The van der Waals surface area contributed by atoms with E-state index in [1.165, 1.54) is 0 Å². The Kier molecular flexibility index (Phi) is 3.48. The molecular formula is C11H10BrN3O. The minimum absolute atomic E-state index is 0.379. The molecule has 0 aliphatic carbocycles. The second-order valence-electron chi connectivity index (χ2n) is 3.13. The van der Waals surface area contributed by atoms with Crippen LogP contribution in [-0.4, -0.2) is 10.2 Å². The Labute approximate surface area is 102 Å². The summed E-state index contributed by atoms with van der Waals surface area (Å²) in [5.74, 6) is 1.17. The second kappa shape index (κ2) is 5.05. The van der Waals surface area contributed by atoms with Gasteiger partial charge in [-0.15, -0.1) is 5.10 Å². The van der Waals surface area contributed by atoms with E-state index in [9.17, 15) is 0 Å². The van der Waals surface area contributed by atoms with Gasteiger partial charge in [0.2, 0.25) is 5.88 Å². The van der Waals surface area contributed by atoms with Crippen molar-refractivity contribution >= 4 is 15.9 Å². The molecule has 1 aromatic carbocycles. The highest BCUT2D eigenvalue weighted by molar-refractivity contribution is 9.10. The van der Waals surface area contributed by atoms with Gasteiger partial charge in [-0.05, 0) is 24.3 Å². The van der Waals surface area contributed by atoms with Crippen LogP contribution in [0.2, 0.25) is 0 Å². The molecule has 0 radical (unpaired) electrons. The first-order chi connectivity index (χ1) is 7.78. The molecule has 0 amide bonds. The van der Waals surface area contributed by atoms with Gasteiger partial charge in [0, 0.05) is 17.1 Å². The van der Waals surface area contributed by atoms with Gasteiger partial charge in [0.05, 0.1) is 5.69 Å². The van der Waals surface area contributed by atoms with Gasteiger partial charge in [0.15, 0.2) is 0 Å². The molecule has 0 atom stereocenters. The number of hydrogen-bond acceptors (Lipinski definition) is 4. The summed E-state index contributed by atoms with van der Waals surface area (Å²) in [6.45, 7) is 0.379. The number of halogens is 1. The van der Waals surface area contributed by atoms with Crippen LogP contribution in [0.15, 0.2) is 40.9 Å². The van der Waals surface area contributed by atoms with Crippen LogP contribution in [0.4, 0.5) is 0 Å². The zero-order chi connectivity index (χ0) is 11.4. The van der Waals surface area contributed by atoms with E-state index in [1.54, 1.807) is 12.1 Å². The molecule has 4 nitrogen and oxygen atoms in total. The molecule has 0 aliphatic heterocycles. The van der Waals surface area contributed by atoms with Gasteiger partial charge in [-0.1, -0.05) is 22.0 Å². The van der Waals surface area contributed by atoms with Crippen molar-refractivity contribution in [3.63, 3.8) is 0 Å². The number of rotatable bonds is 3. The van der Waals surface area contributed by atoms with E-state index in [0.29, 0.717) is 18.2 Å². The SMILES string of the molecule is NCc1ccc(Oc2cccc(Br)c2)nn1. The zero-order valence-electron chi connectivity index (χ0n) is 8.43. The third-order valence-electron chi connectivity index (χ3n) is 1.92. The summed E-state index contributed by atoms with van der Waals surface area (Å²) in [6, 6.07) is 11.1. The lowest BCUT2D eigenvalue weighted by atomic mass is 10.3. The Bertz CT molecular complexity index is 473. The summed E-state index contributed by atoms with van der Waals surface area (Å²) >= 11 is 3.37. The Hall–Kier alpha value is -1.46. The lowest BCUT2D eigenvalue weighted by Gasteiger charge is -2.04. The normalized spacial score (nSPS) is 10.1. The predicted octanol–water partition coefficient (Wildman–Crippen LogP) is 2.49. The van der Waals surface area contributed by atoms with E-state index in [1.807, 2.05) is 24.3 Å². The van der Waals surface area contributed by atoms with Crippen LogP contribution in [0, 0.1) is 0 Å². The minimum atomic E-state index is 0.379. The molecule has 0 spiro atoms. The van der Waals surface area contributed by atoms with E-state index in [4.69, 9.17) is 10.5 Å². The molecule has 0 unspecified atom stereocenters. The molecule has 82 valence electrons. The standard InChI is InChI=1S/C11H10BrN3O/c12-8-2-1-3-10(6-8)16-11-5-4-9(7-13)14-15-11/h1-6H,7,13H2. The van der Waals surface area contributed by atoms with E-state index < -0.39 is 0 Å². The van der Waals surface area contributed by atoms with Gasteiger partial charge >= 0.3 is 0 Å². The minimum Gasteiger partial charge on any atom is -0.437 e. The quantitative estimate of drug-likeness (QED) is 0.938. The maximum Gasteiger partial charge on any atom is 0.238 e. The average Bonchev–Trinajstić information content (AvgIpc) is 2.30. The van der Waals surface area contributed by atoms with Crippen molar-refractivity contribution in [1.29, 1.82) is 0 Å². The fourth-order valence-electron chi connectivity index (χ4n) is 1.16. The smallest absolute Gasteiger partial charge is 0.238 e. The molecular weight excluding hydrogens is 270 g/mol. The van der Waals surface area contributed by atoms with Crippen LogP contribution >= 0.6 is 15.9 Å². The molecule has 5 heteroatoms. The lowest BCUT2D eigenvalue weighted by Crippen LogP contribution is -2.01. The average molecular weight is 280 g/mol. The predicted molar refractivity (Wildman–Crippen MR) is 64.1 cm³/mol. The number of nitrogens with zero attached hydrogens (tertiary/aromatic N) is 2. The summed E-state index contributed by atoms with van der Waals surface area (Å²) in [7, 11) is 0. The van der Waals surface area contributed by atoms with Crippen LogP contribution in [0.5, 0.6) is 11.6 Å². The van der Waals surface area contributed by atoms with Gasteiger partial charge < -0.3 is 10.5 Å². The summed E-state index contributed by atoms with van der Waals surface area (Å²) in [6.07, 6.45) is 0. The molecule has 0 saturated heterocycles. The Morgan fingerprint density at radius 1 is 1.19 bits per heavy atom. The summed E-state index contributed by atoms with van der Waals surface area (Å²) < 4.78 is 6.47. The molecule has 0 aliphatic rings. The van der Waals surface area contributed by atoms with E-state index >= 15 is 0 Å². The first-order valence-corrected chi connectivity index (χ1v) is 5.53. The first kappa shape index (κ1) is 11.0. The van der Waals surface area contributed by atoms with Crippen LogP contribution in [-0.2, 0) is 6.54 Å². The van der Waals surface area contributed by atoms with Crippen molar-refractivity contribution in [2.45, 2.75) is 6.54 Å². The molecule has 2 N–H and O–H groups in total. The Morgan fingerprint density at radius 3 is 2.69 bits per heavy atom. The molecule has 0 fully saturated rings. The summed E-state index contributed by atoms with van der Waals surface area (Å²) in [5.41, 5.74) is 6.16. The molecule has 0 saturated carbocycles. The highest BCUT2D eigenvalue weighted by atomic mass is 79.9. The highest BCUT2D eigenvalue weighted by Gasteiger charge is 2.00. The number of hydrogen-bond donors (Lipinski definition) is 1. The third-order valence-corrected chi connectivity index (χ3v) is 2.42. The monoisotopic (exact) mass is 279 g/mol. The van der Waals surface area contributed by atoms with Gasteiger partial charge in [-0.25, -0.2) is 0 Å². The molecule has 16 heavy (non-hydrogen) atoms. The fourth-order valence-corrected chi connectivity index (χ4v) is 1.54. The maximum atomic E-state index is 5.51. The van der Waals surface area contributed by atoms with Gasteiger partial charge in [0.25, 0.3) is 0 Å². The highest BCUT2D eigenvalue weighted by Crippen LogP contribution is 2.22. The van der Waals surface area contributed by atoms with E-state index in [-0.39, 0.29) is 0 Å². The van der Waals surface area contributed by atoms with E-state index in [0.717, 1.165) is 10.2 Å². The zero-order valence-corrected chi connectivity index (χ0v) is 10.0. The molecule has 2 aromatic rings. The first-order valence-electron chi connectivity index (χ1n) is 4.74. The lowest BCUT2D eigenvalue weighted by molar-refractivity contribution is 0.453. The van der Waals surface area contributed by atoms with Crippen LogP contribution < -0.4 is 10.5 Å². The topological polar surface area (TPSA) is 61.0 Å².